The normalized spacial score (nSPS) is 12.5. The van der Waals surface area contributed by atoms with Crippen molar-refractivity contribution in [2.45, 2.75) is 19.4 Å². The van der Waals surface area contributed by atoms with E-state index in [1.54, 1.807) is 18.5 Å². The number of hydrogen-bond donors (Lipinski definition) is 1. The molecular formula is C9H12N2O. The van der Waals surface area contributed by atoms with Crippen LogP contribution in [0.15, 0.2) is 30.6 Å². The maximum Gasteiger partial charge on any atom is 0.0842 e. The lowest BCUT2D eigenvalue weighted by Crippen LogP contribution is -1.98. The van der Waals surface area contributed by atoms with E-state index in [0.29, 0.717) is 6.42 Å². The van der Waals surface area contributed by atoms with Crippen molar-refractivity contribution in [2.24, 2.45) is 0 Å². The molecule has 0 spiro atoms. The predicted octanol–water partition coefficient (Wildman–Crippen LogP) is 1.48. The van der Waals surface area contributed by atoms with E-state index in [2.05, 4.69) is 16.8 Å². The molecule has 0 amide bonds. The van der Waals surface area contributed by atoms with Gasteiger partial charge >= 0.3 is 0 Å². The van der Waals surface area contributed by atoms with Crippen molar-refractivity contribution in [1.29, 1.82) is 0 Å². The number of aliphatic hydroxyl groups excluding tert-OH is 1. The van der Waals surface area contributed by atoms with E-state index in [4.69, 9.17) is 0 Å². The monoisotopic (exact) mass is 164 g/mol. The fourth-order valence-electron chi connectivity index (χ4n) is 0.946. The quantitative estimate of drug-likeness (QED) is 0.688. The molecule has 0 aliphatic rings. The van der Waals surface area contributed by atoms with Crippen molar-refractivity contribution in [3.63, 3.8) is 0 Å². The fourth-order valence-corrected chi connectivity index (χ4v) is 0.946. The molecular weight excluding hydrogens is 152 g/mol. The van der Waals surface area contributed by atoms with Gasteiger partial charge in [0.25, 0.3) is 0 Å². The van der Waals surface area contributed by atoms with Crippen molar-refractivity contribution >= 4 is 0 Å². The number of hydrogen-bond acceptors (Lipinski definition) is 3. The molecule has 1 heterocycles. The first-order chi connectivity index (χ1) is 5.70. The highest BCUT2D eigenvalue weighted by atomic mass is 16.3. The van der Waals surface area contributed by atoms with Crippen LogP contribution in [0.1, 0.15) is 25.0 Å². The minimum absolute atomic E-state index is 0.502. The molecule has 0 fully saturated rings. The standard InChI is InChI=1S/C9H12N2O/c1-7(2)5-9(12)8-3-4-10-11-6-8/h3-4,6,9,12H,1,5H2,2H3. The van der Waals surface area contributed by atoms with Gasteiger partial charge in [0.15, 0.2) is 0 Å². The van der Waals surface area contributed by atoms with Crippen molar-refractivity contribution in [3.8, 4) is 0 Å². The summed E-state index contributed by atoms with van der Waals surface area (Å²) in [5, 5.41) is 16.9. The minimum atomic E-state index is -0.502. The number of nitrogens with zero attached hydrogens (tertiary/aromatic N) is 2. The Hall–Kier alpha value is -1.22. The molecule has 0 aromatic carbocycles. The summed E-state index contributed by atoms with van der Waals surface area (Å²) < 4.78 is 0. The fraction of sp³-hybridized carbons (Fsp3) is 0.333. The zero-order valence-electron chi connectivity index (χ0n) is 7.07. The zero-order chi connectivity index (χ0) is 8.97. The number of aromatic nitrogens is 2. The Bertz CT molecular complexity index is 258. The lowest BCUT2D eigenvalue weighted by molar-refractivity contribution is 0.178. The minimum Gasteiger partial charge on any atom is -0.388 e. The number of rotatable bonds is 3. The Balaban J connectivity index is 2.65. The van der Waals surface area contributed by atoms with Gasteiger partial charge in [-0.1, -0.05) is 5.57 Å². The molecule has 0 radical (unpaired) electrons. The topological polar surface area (TPSA) is 46.0 Å². The number of aliphatic hydroxyl groups is 1. The van der Waals surface area contributed by atoms with Crippen molar-refractivity contribution < 1.29 is 5.11 Å². The summed E-state index contributed by atoms with van der Waals surface area (Å²) in [5.41, 5.74) is 1.74. The Labute approximate surface area is 71.8 Å². The highest BCUT2D eigenvalue weighted by molar-refractivity contribution is 5.11. The van der Waals surface area contributed by atoms with Crippen LogP contribution in [-0.4, -0.2) is 15.3 Å². The Morgan fingerprint density at radius 2 is 2.42 bits per heavy atom. The van der Waals surface area contributed by atoms with Gasteiger partial charge in [-0.25, -0.2) is 0 Å². The second-order valence-electron chi connectivity index (χ2n) is 2.85. The maximum absolute atomic E-state index is 9.56. The van der Waals surface area contributed by atoms with Gasteiger partial charge in [-0.05, 0) is 19.4 Å². The third kappa shape index (κ3) is 2.43. The molecule has 1 N–H and O–H groups in total. The second kappa shape index (κ2) is 3.97. The molecule has 1 aromatic rings. The molecule has 1 atom stereocenters. The molecule has 3 nitrogen and oxygen atoms in total. The smallest absolute Gasteiger partial charge is 0.0842 e. The van der Waals surface area contributed by atoms with E-state index in [1.165, 1.54) is 0 Å². The van der Waals surface area contributed by atoms with E-state index in [1.807, 2.05) is 6.92 Å². The summed E-state index contributed by atoms with van der Waals surface area (Å²) in [5.74, 6) is 0. The lowest BCUT2D eigenvalue weighted by atomic mass is 10.1. The van der Waals surface area contributed by atoms with E-state index in [9.17, 15) is 5.11 Å². The van der Waals surface area contributed by atoms with Crippen LogP contribution >= 0.6 is 0 Å². The van der Waals surface area contributed by atoms with Gasteiger partial charge in [0.2, 0.25) is 0 Å². The van der Waals surface area contributed by atoms with E-state index < -0.39 is 6.10 Å². The summed E-state index contributed by atoms with van der Waals surface area (Å²) >= 11 is 0. The Kier molecular flexibility index (Phi) is 2.94. The summed E-state index contributed by atoms with van der Waals surface area (Å²) in [6, 6.07) is 1.75. The van der Waals surface area contributed by atoms with Crippen LogP contribution in [0, 0.1) is 0 Å². The van der Waals surface area contributed by atoms with Gasteiger partial charge < -0.3 is 5.11 Å². The third-order valence-electron chi connectivity index (χ3n) is 1.53. The van der Waals surface area contributed by atoms with Gasteiger partial charge in [-0.15, -0.1) is 6.58 Å². The van der Waals surface area contributed by atoms with Gasteiger partial charge in [0.1, 0.15) is 0 Å². The van der Waals surface area contributed by atoms with Crippen molar-refractivity contribution in [3.05, 3.63) is 36.2 Å². The molecule has 0 aliphatic carbocycles. The summed E-state index contributed by atoms with van der Waals surface area (Å²) in [4.78, 5) is 0. The average molecular weight is 164 g/mol. The first-order valence-electron chi connectivity index (χ1n) is 3.79. The average Bonchev–Trinajstić information content (AvgIpc) is 2.05. The van der Waals surface area contributed by atoms with E-state index >= 15 is 0 Å². The van der Waals surface area contributed by atoms with Crippen molar-refractivity contribution in [1.82, 2.24) is 10.2 Å². The second-order valence-corrected chi connectivity index (χ2v) is 2.85. The molecule has 3 heteroatoms. The van der Waals surface area contributed by atoms with Crippen LogP contribution in [0.25, 0.3) is 0 Å². The summed E-state index contributed by atoms with van der Waals surface area (Å²) in [6.07, 6.45) is 3.20. The molecule has 12 heavy (non-hydrogen) atoms. The first kappa shape index (κ1) is 8.87. The van der Waals surface area contributed by atoms with Crippen LogP contribution in [0.5, 0.6) is 0 Å². The SMILES string of the molecule is C=C(C)CC(O)c1ccnnc1. The molecule has 0 saturated carbocycles. The lowest BCUT2D eigenvalue weighted by Gasteiger charge is -2.08. The molecule has 1 aromatic heterocycles. The molecule has 0 aliphatic heterocycles. The zero-order valence-corrected chi connectivity index (χ0v) is 7.07. The van der Waals surface area contributed by atoms with E-state index in [0.717, 1.165) is 11.1 Å². The molecule has 0 saturated heterocycles. The summed E-state index contributed by atoms with van der Waals surface area (Å²) in [6.45, 7) is 5.61. The summed E-state index contributed by atoms with van der Waals surface area (Å²) in [7, 11) is 0. The van der Waals surface area contributed by atoms with Crippen LogP contribution in [-0.2, 0) is 0 Å². The van der Waals surface area contributed by atoms with Crippen molar-refractivity contribution in [2.75, 3.05) is 0 Å². The van der Waals surface area contributed by atoms with Gasteiger partial charge in [-0.2, -0.15) is 10.2 Å². The van der Waals surface area contributed by atoms with Crippen LogP contribution in [0.4, 0.5) is 0 Å². The highest BCUT2D eigenvalue weighted by Crippen LogP contribution is 2.17. The first-order valence-corrected chi connectivity index (χ1v) is 3.79. The van der Waals surface area contributed by atoms with Gasteiger partial charge in [0.05, 0.1) is 12.3 Å². The van der Waals surface area contributed by atoms with Gasteiger partial charge in [0, 0.05) is 11.8 Å². The third-order valence-corrected chi connectivity index (χ3v) is 1.53. The van der Waals surface area contributed by atoms with Crippen LogP contribution in [0.3, 0.4) is 0 Å². The van der Waals surface area contributed by atoms with Crippen LogP contribution < -0.4 is 0 Å². The maximum atomic E-state index is 9.56. The highest BCUT2D eigenvalue weighted by Gasteiger charge is 2.06. The molecule has 64 valence electrons. The molecule has 1 unspecified atom stereocenters. The van der Waals surface area contributed by atoms with Gasteiger partial charge in [-0.3, -0.25) is 0 Å². The molecule has 1 rings (SSSR count). The Morgan fingerprint density at radius 1 is 1.67 bits per heavy atom. The van der Waals surface area contributed by atoms with E-state index in [-0.39, 0.29) is 0 Å². The molecule has 0 bridgehead atoms. The Morgan fingerprint density at radius 3 is 2.92 bits per heavy atom. The predicted molar refractivity (Wildman–Crippen MR) is 46.4 cm³/mol. The van der Waals surface area contributed by atoms with Crippen LogP contribution in [0.2, 0.25) is 0 Å². The largest absolute Gasteiger partial charge is 0.388 e.